The summed E-state index contributed by atoms with van der Waals surface area (Å²) in [6.45, 7) is 5.99. The average Bonchev–Trinajstić information content (AvgIpc) is 2.56. The van der Waals surface area contributed by atoms with E-state index in [4.69, 9.17) is 4.74 Å². The van der Waals surface area contributed by atoms with Crippen LogP contribution in [0.25, 0.3) is 0 Å². The van der Waals surface area contributed by atoms with Crippen molar-refractivity contribution in [3.8, 4) is 0 Å². The monoisotopic (exact) mass is 374 g/mol. The Hall–Kier alpha value is -2.87. The Labute approximate surface area is 158 Å². The molecule has 27 heavy (non-hydrogen) atoms. The van der Waals surface area contributed by atoms with E-state index in [1.807, 2.05) is 31.2 Å². The SMILES string of the molecule is CCOC(=O)C1=C(CN(C)CC(=O)Nc2ccc(C)cc2)NC(=O)NC1C. The third-order valence-corrected chi connectivity index (χ3v) is 4.04. The molecule has 0 bridgehead atoms. The standard InChI is InChI=1S/C19H26N4O4/c1-5-27-18(25)17-13(3)20-19(26)22-15(17)10-23(4)11-16(24)21-14-8-6-12(2)7-9-14/h6-9,13H,5,10-11H2,1-4H3,(H,21,24)(H2,20,22,26). The average molecular weight is 374 g/mol. The van der Waals surface area contributed by atoms with E-state index in [-0.39, 0.29) is 31.6 Å². The third kappa shape index (κ3) is 5.82. The van der Waals surface area contributed by atoms with Crippen molar-refractivity contribution in [2.45, 2.75) is 26.8 Å². The van der Waals surface area contributed by atoms with Gasteiger partial charge in [0.25, 0.3) is 0 Å². The molecule has 1 aromatic carbocycles. The zero-order valence-corrected chi connectivity index (χ0v) is 16.1. The number of carbonyl (C=O) groups excluding carboxylic acids is 3. The number of amides is 3. The number of ether oxygens (including phenoxy) is 1. The zero-order valence-electron chi connectivity index (χ0n) is 16.1. The highest BCUT2D eigenvalue weighted by molar-refractivity contribution is 5.95. The van der Waals surface area contributed by atoms with Crippen molar-refractivity contribution in [1.82, 2.24) is 15.5 Å². The highest BCUT2D eigenvalue weighted by Crippen LogP contribution is 2.15. The minimum atomic E-state index is -0.481. The van der Waals surface area contributed by atoms with Crippen LogP contribution in [-0.4, -0.2) is 55.6 Å². The lowest BCUT2D eigenvalue weighted by Gasteiger charge is -2.28. The van der Waals surface area contributed by atoms with Gasteiger partial charge in [-0.1, -0.05) is 17.7 Å². The number of hydrogen-bond donors (Lipinski definition) is 3. The molecule has 8 heteroatoms. The van der Waals surface area contributed by atoms with Crippen LogP contribution in [0.2, 0.25) is 0 Å². The molecule has 0 spiro atoms. The number of esters is 1. The molecule has 1 unspecified atom stereocenters. The van der Waals surface area contributed by atoms with Gasteiger partial charge < -0.3 is 20.7 Å². The second-order valence-corrected chi connectivity index (χ2v) is 6.52. The topological polar surface area (TPSA) is 99.8 Å². The van der Waals surface area contributed by atoms with E-state index < -0.39 is 12.0 Å². The first kappa shape index (κ1) is 20.4. The molecular formula is C19H26N4O4. The molecule has 1 aliphatic rings. The van der Waals surface area contributed by atoms with Crippen LogP contribution in [-0.2, 0) is 14.3 Å². The molecule has 0 radical (unpaired) electrons. The molecule has 1 aliphatic heterocycles. The van der Waals surface area contributed by atoms with Crippen molar-refractivity contribution < 1.29 is 19.1 Å². The number of nitrogens with zero attached hydrogens (tertiary/aromatic N) is 1. The number of carbonyl (C=O) groups is 3. The largest absolute Gasteiger partial charge is 0.463 e. The Bertz CT molecular complexity index is 743. The number of aryl methyl sites for hydroxylation is 1. The van der Waals surface area contributed by atoms with Crippen molar-refractivity contribution in [2.75, 3.05) is 32.1 Å². The van der Waals surface area contributed by atoms with Crippen LogP contribution in [0.5, 0.6) is 0 Å². The van der Waals surface area contributed by atoms with Gasteiger partial charge in [0.1, 0.15) is 0 Å². The van der Waals surface area contributed by atoms with Crippen molar-refractivity contribution in [3.05, 3.63) is 41.1 Å². The molecule has 8 nitrogen and oxygen atoms in total. The van der Waals surface area contributed by atoms with Crippen LogP contribution in [0.1, 0.15) is 19.4 Å². The fourth-order valence-electron chi connectivity index (χ4n) is 2.81. The zero-order chi connectivity index (χ0) is 20.0. The maximum absolute atomic E-state index is 12.2. The summed E-state index contributed by atoms with van der Waals surface area (Å²) in [4.78, 5) is 38.0. The van der Waals surface area contributed by atoms with Crippen molar-refractivity contribution in [3.63, 3.8) is 0 Å². The first-order valence-corrected chi connectivity index (χ1v) is 8.83. The molecule has 1 aromatic rings. The van der Waals surface area contributed by atoms with Gasteiger partial charge in [0.2, 0.25) is 5.91 Å². The maximum atomic E-state index is 12.2. The Morgan fingerprint density at radius 2 is 1.93 bits per heavy atom. The summed E-state index contributed by atoms with van der Waals surface area (Å²) in [7, 11) is 1.74. The normalized spacial score (nSPS) is 16.6. The van der Waals surface area contributed by atoms with E-state index >= 15 is 0 Å². The number of benzene rings is 1. The van der Waals surface area contributed by atoms with Crippen molar-refractivity contribution in [1.29, 1.82) is 0 Å². The number of hydrogen-bond acceptors (Lipinski definition) is 5. The van der Waals surface area contributed by atoms with E-state index in [0.717, 1.165) is 5.56 Å². The smallest absolute Gasteiger partial charge is 0.337 e. The summed E-state index contributed by atoms with van der Waals surface area (Å²) < 4.78 is 5.08. The van der Waals surface area contributed by atoms with Gasteiger partial charge in [-0.15, -0.1) is 0 Å². The van der Waals surface area contributed by atoms with E-state index in [1.165, 1.54) is 0 Å². The van der Waals surface area contributed by atoms with E-state index in [2.05, 4.69) is 16.0 Å². The van der Waals surface area contributed by atoms with E-state index in [1.54, 1.807) is 25.8 Å². The first-order valence-electron chi connectivity index (χ1n) is 8.83. The lowest BCUT2D eigenvalue weighted by molar-refractivity contribution is -0.139. The summed E-state index contributed by atoms with van der Waals surface area (Å²) >= 11 is 0. The van der Waals surface area contributed by atoms with Crippen LogP contribution < -0.4 is 16.0 Å². The summed E-state index contributed by atoms with van der Waals surface area (Å²) in [6, 6.07) is 6.65. The van der Waals surface area contributed by atoms with Crippen LogP contribution in [0.3, 0.4) is 0 Å². The summed E-state index contributed by atoms with van der Waals surface area (Å²) in [5, 5.41) is 8.12. The highest BCUT2D eigenvalue weighted by Gasteiger charge is 2.30. The van der Waals surface area contributed by atoms with Crippen LogP contribution in [0, 0.1) is 6.92 Å². The molecule has 3 N–H and O–H groups in total. The molecule has 0 aromatic heterocycles. The molecule has 2 rings (SSSR count). The Kier molecular flexibility index (Phi) is 6.95. The minimum Gasteiger partial charge on any atom is -0.463 e. The molecule has 1 heterocycles. The van der Waals surface area contributed by atoms with Gasteiger partial charge in [-0.25, -0.2) is 9.59 Å². The van der Waals surface area contributed by atoms with Gasteiger partial charge in [0.15, 0.2) is 0 Å². The Morgan fingerprint density at radius 1 is 1.26 bits per heavy atom. The number of likely N-dealkylation sites (N-methyl/N-ethyl adjacent to an activating group) is 1. The molecule has 0 fully saturated rings. The lowest BCUT2D eigenvalue weighted by atomic mass is 10.0. The molecular weight excluding hydrogens is 348 g/mol. The van der Waals surface area contributed by atoms with Gasteiger partial charge in [0, 0.05) is 17.9 Å². The summed E-state index contributed by atoms with van der Waals surface area (Å²) in [5.74, 6) is -0.669. The lowest BCUT2D eigenvalue weighted by Crippen LogP contribution is -2.51. The highest BCUT2D eigenvalue weighted by atomic mass is 16.5. The van der Waals surface area contributed by atoms with E-state index in [9.17, 15) is 14.4 Å². The molecule has 0 saturated heterocycles. The second kappa shape index (κ2) is 9.18. The number of anilines is 1. The predicted octanol–water partition coefficient (Wildman–Crippen LogP) is 1.38. The molecule has 1 atom stereocenters. The van der Waals surface area contributed by atoms with Crippen LogP contribution in [0.15, 0.2) is 35.5 Å². The Balaban J connectivity index is 2.04. The van der Waals surface area contributed by atoms with E-state index in [0.29, 0.717) is 17.0 Å². The molecule has 3 amide bonds. The maximum Gasteiger partial charge on any atom is 0.337 e. The predicted molar refractivity (Wildman–Crippen MR) is 102 cm³/mol. The van der Waals surface area contributed by atoms with Crippen molar-refractivity contribution in [2.24, 2.45) is 0 Å². The summed E-state index contributed by atoms with van der Waals surface area (Å²) in [6.07, 6.45) is 0. The van der Waals surface area contributed by atoms with Crippen molar-refractivity contribution >= 4 is 23.6 Å². The molecule has 0 saturated carbocycles. The minimum absolute atomic E-state index is 0.102. The second-order valence-electron chi connectivity index (χ2n) is 6.52. The Morgan fingerprint density at radius 3 is 2.56 bits per heavy atom. The van der Waals surface area contributed by atoms with Crippen LogP contribution >= 0.6 is 0 Å². The van der Waals surface area contributed by atoms with Gasteiger partial charge in [-0.2, -0.15) is 0 Å². The van der Waals surface area contributed by atoms with Crippen LogP contribution in [0.4, 0.5) is 10.5 Å². The van der Waals surface area contributed by atoms with Gasteiger partial charge >= 0.3 is 12.0 Å². The summed E-state index contributed by atoms with van der Waals surface area (Å²) in [5.41, 5.74) is 2.63. The number of urea groups is 1. The number of nitrogens with one attached hydrogen (secondary N) is 3. The number of rotatable bonds is 7. The quantitative estimate of drug-likeness (QED) is 0.626. The van der Waals surface area contributed by atoms with Gasteiger partial charge in [-0.3, -0.25) is 9.69 Å². The molecule has 146 valence electrons. The fraction of sp³-hybridized carbons (Fsp3) is 0.421. The van der Waals surface area contributed by atoms with Gasteiger partial charge in [-0.05, 0) is 40.0 Å². The van der Waals surface area contributed by atoms with Gasteiger partial charge in [0.05, 0.1) is 24.8 Å². The molecule has 0 aliphatic carbocycles. The fourth-order valence-corrected chi connectivity index (χ4v) is 2.81. The first-order chi connectivity index (χ1) is 12.8. The third-order valence-electron chi connectivity index (χ3n) is 4.04.